The molecule has 2 heterocycles. The molecule has 3 rings (SSSR count). The van der Waals surface area contributed by atoms with Crippen molar-refractivity contribution in [2.24, 2.45) is 0 Å². The first-order chi connectivity index (χ1) is 8.29. The van der Waals surface area contributed by atoms with Crippen molar-refractivity contribution in [1.82, 2.24) is 5.32 Å². The van der Waals surface area contributed by atoms with E-state index in [0.717, 1.165) is 31.6 Å². The summed E-state index contributed by atoms with van der Waals surface area (Å²) in [6.07, 6.45) is 1.60. The van der Waals surface area contributed by atoms with Crippen molar-refractivity contribution in [3.8, 4) is 0 Å². The van der Waals surface area contributed by atoms with Crippen LogP contribution >= 0.6 is 12.4 Å². The van der Waals surface area contributed by atoms with Crippen molar-refractivity contribution in [3.05, 3.63) is 30.3 Å². The number of rotatable bonds is 1. The smallest absolute Gasteiger partial charge is 0.415 e. The molecule has 2 aliphatic heterocycles. The van der Waals surface area contributed by atoms with Crippen LogP contribution in [0.15, 0.2) is 30.3 Å². The van der Waals surface area contributed by atoms with Crippen molar-refractivity contribution in [1.29, 1.82) is 0 Å². The molecule has 0 unspecified atom stereocenters. The Morgan fingerprint density at radius 1 is 1.17 bits per heavy atom. The van der Waals surface area contributed by atoms with Gasteiger partial charge in [-0.2, -0.15) is 0 Å². The second kappa shape index (κ2) is 5.16. The molecule has 1 spiro atoms. The van der Waals surface area contributed by atoms with Crippen molar-refractivity contribution >= 4 is 24.2 Å². The van der Waals surface area contributed by atoms with Gasteiger partial charge in [0, 0.05) is 18.5 Å². The van der Waals surface area contributed by atoms with Crippen molar-refractivity contribution in [3.63, 3.8) is 0 Å². The quantitative estimate of drug-likeness (QED) is 0.849. The summed E-state index contributed by atoms with van der Waals surface area (Å²) < 4.78 is 5.60. The van der Waals surface area contributed by atoms with Gasteiger partial charge >= 0.3 is 6.09 Å². The first kappa shape index (κ1) is 13.2. The van der Waals surface area contributed by atoms with Gasteiger partial charge < -0.3 is 10.1 Å². The summed E-state index contributed by atoms with van der Waals surface area (Å²) in [5.74, 6) is 0. The van der Waals surface area contributed by atoms with Crippen LogP contribution in [0.3, 0.4) is 0 Å². The van der Waals surface area contributed by atoms with E-state index in [1.807, 2.05) is 30.3 Å². The predicted molar refractivity (Wildman–Crippen MR) is 72.4 cm³/mol. The molecule has 1 aromatic carbocycles. The molecule has 0 saturated carbocycles. The van der Waals surface area contributed by atoms with Crippen LogP contribution in [0.4, 0.5) is 10.5 Å². The lowest BCUT2D eigenvalue weighted by Crippen LogP contribution is -2.44. The van der Waals surface area contributed by atoms with Crippen molar-refractivity contribution in [2.75, 3.05) is 24.5 Å². The number of hydrogen-bond acceptors (Lipinski definition) is 3. The molecule has 4 nitrogen and oxygen atoms in total. The molecule has 2 fully saturated rings. The van der Waals surface area contributed by atoms with E-state index < -0.39 is 0 Å². The highest BCUT2D eigenvalue weighted by molar-refractivity contribution is 5.90. The predicted octanol–water partition coefficient (Wildman–Crippen LogP) is 2.19. The highest BCUT2D eigenvalue weighted by Crippen LogP contribution is 2.33. The number of carbonyl (C=O) groups is 1. The molecular weight excluding hydrogens is 252 g/mol. The lowest BCUT2D eigenvalue weighted by Gasteiger charge is -2.31. The number of amides is 1. The fourth-order valence-electron chi connectivity index (χ4n) is 2.57. The van der Waals surface area contributed by atoms with E-state index in [0.29, 0.717) is 6.54 Å². The Balaban J connectivity index is 0.00000120. The lowest BCUT2D eigenvalue weighted by molar-refractivity contribution is 0.0316. The van der Waals surface area contributed by atoms with Gasteiger partial charge in [-0.3, -0.25) is 4.90 Å². The summed E-state index contributed by atoms with van der Waals surface area (Å²) in [6, 6.07) is 9.72. The number of ether oxygens (including phenoxy) is 1. The zero-order valence-electron chi connectivity index (χ0n) is 10.1. The maximum absolute atomic E-state index is 11.9. The van der Waals surface area contributed by atoms with E-state index in [-0.39, 0.29) is 24.1 Å². The minimum absolute atomic E-state index is 0. The molecule has 18 heavy (non-hydrogen) atoms. The standard InChI is InChI=1S/C13H16N2O2.ClH/c16-12-15(11-4-2-1-3-5-11)10-13(17-12)6-8-14-9-7-13;/h1-5,14H,6-10H2;1H. The molecule has 1 N–H and O–H groups in total. The Morgan fingerprint density at radius 3 is 2.50 bits per heavy atom. The van der Waals surface area contributed by atoms with E-state index in [1.54, 1.807) is 4.90 Å². The fourth-order valence-corrected chi connectivity index (χ4v) is 2.57. The number of piperidine rings is 1. The number of nitrogens with zero attached hydrogens (tertiary/aromatic N) is 1. The Bertz CT molecular complexity index is 418. The molecule has 5 heteroatoms. The third-order valence-electron chi connectivity index (χ3n) is 3.55. The maximum atomic E-state index is 11.9. The van der Waals surface area contributed by atoms with Gasteiger partial charge in [-0.1, -0.05) is 18.2 Å². The van der Waals surface area contributed by atoms with Crippen molar-refractivity contribution < 1.29 is 9.53 Å². The van der Waals surface area contributed by atoms with Crippen LogP contribution in [-0.4, -0.2) is 31.3 Å². The number of benzene rings is 1. The fraction of sp³-hybridized carbons (Fsp3) is 0.462. The van der Waals surface area contributed by atoms with Gasteiger partial charge in [0.15, 0.2) is 0 Å². The van der Waals surface area contributed by atoms with E-state index in [4.69, 9.17) is 4.74 Å². The molecule has 2 aliphatic rings. The second-order valence-electron chi connectivity index (χ2n) is 4.72. The Labute approximate surface area is 113 Å². The Morgan fingerprint density at radius 2 is 1.83 bits per heavy atom. The van der Waals surface area contributed by atoms with Gasteiger partial charge in [-0.05, 0) is 25.2 Å². The first-order valence-corrected chi connectivity index (χ1v) is 6.05. The molecular formula is C13H17ClN2O2. The van der Waals surface area contributed by atoms with E-state index >= 15 is 0 Å². The summed E-state index contributed by atoms with van der Waals surface area (Å²) in [7, 11) is 0. The minimum Gasteiger partial charge on any atom is -0.441 e. The third-order valence-corrected chi connectivity index (χ3v) is 3.55. The number of para-hydroxylation sites is 1. The molecule has 0 bridgehead atoms. The van der Waals surface area contributed by atoms with Crippen molar-refractivity contribution in [2.45, 2.75) is 18.4 Å². The molecule has 0 aromatic heterocycles. The number of carbonyl (C=O) groups excluding carboxylic acids is 1. The van der Waals surface area contributed by atoms with E-state index in [1.165, 1.54) is 0 Å². The molecule has 0 aliphatic carbocycles. The Kier molecular flexibility index (Phi) is 3.78. The average Bonchev–Trinajstić information content (AvgIpc) is 2.68. The normalized spacial score (nSPS) is 21.6. The topological polar surface area (TPSA) is 41.6 Å². The van der Waals surface area contributed by atoms with Crippen LogP contribution in [0, 0.1) is 0 Å². The second-order valence-corrected chi connectivity index (χ2v) is 4.72. The van der Waals surface area contributed by atoms with Gasteiger partial charge in [-0.25, -0.2) is 4.79 Å². The molecule has 2 saturated heterocycles. The molecule has 0 radical (unpaired) electrons. The number of nitrogens with one attached hydrogen (secondary N) is 1. The van der Waals surface area contributed by atoms with Crippen LogP contribution < -0.4 is 10.2 Å². The third kappa shape index (κ3) is 2.31. The average molecular weight is 269 g/mol. The molecule has 0 atom stereocenters. The largest absolute Gasteiger partial charge is 0.441 e. The first-order valence-electron chi connectivity index (χ1n) is 6.05. The molecule has 1 amide bonds. The highest BCUT2D eigenvalue weighted by atomic mass is 35.5. The highest BCUT2D eigenvalue weighted by Gasteiger charge is 2.46. The van der Waals surface area contributed by atoms with Crippen LogP contribution in [0.2, 0.25) is 0 Å². The van der Waals surface area contributed by atoms with Crippen LogP contribution in [-0.2, 0) is 4.74 Å². The summed E-state index contributed by atoms with van der Waals surface area (Å²) in [4.78, 5) is 13.7. The van der Waals surface area contributed by atoms with Gasteiger partial charge in [0.05, 0.1) is 6.54 Å². The molecule has 1 aromatic rings. The lowest BCUT2D eigenvalue weighted by atomic mass is 9.92. The monoisotopic (exact) mass is 268 g/mol. The SMILES string of the molecule is Cl.O=C1OC2(CCNCC2)CN1c1ccccc1. The maximum Gasteiger partial charge on any atom is 0.415 e. The van der Waals surface area contributed by atoms with Gasteiger partial charge in [-0.15, -0.1) is 12.4 Å². The number of halogens is 1. The van der Waals surface area contributed by atoms with Crippen LogP contribution in [0.25, 0.3) is 0 Å². The summed E-state index contributed by atoms with van der Waals surface area (Å²) >= 11 is 0. The van der Waals surface area contributed by atoms with Crippen LogP contribution in [0.5, 0.6) is 0 Å². The Hall–Kier alpha value is -1.26. The number of hydrogen-bond donors (Lipinski definition) is 1. The summed E-state index contributed by atoms with van der Waals surface area (Å²) in [5.41, 5.74) is 0.658. The zero-order chi connectivity index (χ0) is 11.7. The van der Waals surface area contributed by atoms with E-state index in [9.17, 15) is 4.79 Å². The van der Waals surface area contributed by atoms with E-state index in [2.05, 4.69) is 5.32 Å². The van der Waals surface area contributed by atoms with Gasteiger partial charge in [0.1, 0.15) is 5.60 Å². The minimum atomic E-state index is -0.266. The summed E-state index contributed by atoms with van der Waals surface area (Å²) in [6.45, 7) is 2.53. The summed E-state index contributed by atoms with van der Waals surface area (Å²) in [5, 5.41) is 3.30. The van der Waals surface area contributed by atoms with Gasteiger partial charge in [0.25, 0.3) is 0 Å². The molecule has 98 valence electrons. The number of anilines is 1. The zero-order valence-corrected chi connectivity index (χ0v) is 10.9. The van der Waals surface area contributed by atoms with Gasteiger partial charge in [0.2, 0.25) is 0 Å². The van der Waals surface area contributed by atoms with Crippen LogP contribution in [0.1, 0.15) is 12.8 Å².